The number of carboxylic acid groups (broad SMARTS) is 1. The Kier molecular flexibility index (Phi) is 2.94. The van der Waals surface area contributed by atoms with E-state index < -0.39 is 16.8 Å². The molecule has 2 aromatic carbocycles. The average molecular weight is 280 g/mol. The van der Waals surface area contributed by atoms with Gasteiger partial charge in [-0.1, -0.05) is 75.4 Å². The lowest BCUT2D eigenvalue weighted by Crippen LogP contribution is -2.47. The second-order valence-electron chi connectivity index (χ2n) is 6.45. The molecule has 1 N–H and O–H groups in total. The first-order valence-corrected chi connectivity index (χ1v) is 7.32. The minimum Gasteiger partial charge on any atom is -0.480 e. The van der Waals surface area contributed by atoms with Gasteiger partial charge < -0.3 is 5.11 Å². The lowest BCUT2D eigenvalue weighted by Gasteiger charge is -2.41. The van der Waals surface area contributed by atoms with E-state index in [1.165, 1.54) is 0 Å². The van der Waals surface area contributed by atoms with Crippen molar-refractivity contribution in [2.75, 3.05) is 0 Å². The maximum Gasteiger partial charge on any atom is 0.319 e. The van der Waals surface area contributed by atoms with Crippen LogP contribution in [0.25, 0.3) is 0 Å². The second kappa shape index (κ2) is 4.45. The molecule has 1 aliphatic rings. The van der Waals surface area contributed by atoms with Crippen LogP contribution in [0.1, 0.15) is 43.4 Å². The van der Waals surface area contributed by atoms with E-state index in [1.807, 2.05) is 48.5 Å². The molecule has 2 aromatic rings. The van der Waals surface area contributed by atoms with Crippen LogP contribution in [0.15, 0.2) is 54.6 Å². The molecule has 108 valence electrons. The fourth-order valence-corrected chi connectivity index (χ4v) is 4.01. The van der Waals surface area contributed by atoms with Crippen molar-refractivity contribution in [2.45, 2.75) is 32.1 Å². The maximum absolute atomic E-state index is 12.4. The van der Waals surface area contributed by atoms with Crippen molar-refractivity contribution >= 4 is 5.97 Å². The summed E-state index contributed by atoms with van der Waals surface area (Å²) < 4.78 is 0. The van der Waals surface area contributed by atoms with Crippen molar-refractivity contribution in [1.29, 1.82) is 0 Å². The first-order chi connectivity index (χ1) is 9.94. The van der Waals surface area contributed by atoms with Crippen LogP contribution in [0.4, 0.5) is 0 Å². The van der Waals surface area contributed by atoms with E-state index in [4.69, 9.17) is 0 Å². The summed E-state index contributed by atoms with van der Waals surface area (Å²) in [6.07, 6.45) is 0. The summed E-state index contributed by atoms with van der Waals surface area (Å²) in [7, 11) is 0. The van der Waals surface area contributed by atoms with Gasteiger partial charge in [0.25, 0.3) is 0 Å². The average Bonchev–Trinajstić information content (AvgIpc) is 2.65. The zero-order chi connectivity index (χ0) is 15.3. The molecule has 2 nitrogen and oxygen atoms in total. The molecule has 0 aliphatic heterocycles. The number of hydrogen-bond donors (Lipinski definition) is 1. The SMILES string of the molecule is CC1c2ccccc2C(C(=O)O)(c2ccccc2)C1(C)C. The van der Waals surface area contributed by atoms with Gasteiger partial charge in [-0.05, 0) is 28.0 Å². The van der Waals surface area contributed by atoms with E-state index >= 15 is 0 Å². The predicted octanol–water partition coefficient (Wildman–Crippen LogP) is 4.20. The summed E-state index contributed by atoms with van der Waals surface area (Å²) in [4.78, 5) is 12.4. The monoisotopic (exact) mass is 280 g/mol. The van der Waals surface area contributed by atoms with Gasteiger partial charge in [-0.2, -0.15) is 0 Å². The van der Waals surface area contributed by atoms with Crippen molar-refractivity contribution in [3.8, 4) is 0 Å². The molecule has 0 aromatic heterocycles. The highest BCUT2D eigenvalue weighted by Gasteiger charge is 2.61. The number of rotatable bonds is 2. The standard InChI is InChI=1S/C19H20O2/c1-13-15-11-7-8-12-16(15)19(17(20)21,18(13,2)3)14-9-5-4-6-10-14/h4-13H,1-3H3,(H,20,21). The largest absolute Gasteiger partial charge is 0.480 e. The van der Waals surface area contributed by atoms with Gasteiger partial charge in [0.1, 0.15) is 5.41 Å². The van der Waals surface area contributed by atoms with Crippen LogP contribution < -0.4 is 0 Å². The van der Waals surface area contributed by atoms with Crippen molar-refractivity contribution in [1.82, 2.24) is 0 Å². The minimum atomic E-state index is -0.996. The third-order valence-electron chi connectivity index (χ3n) is 5.41. The van der Waals surface area contributed by atoms with Crippen LogP contribution in [0.5, 0.6) is 0 Å². The molecule has 2 unspecified atom stereocenters. The highest BCUT2D eigenvalue weighted by molar-refractivity contribution is 5.89. The molecule has 1 aliphatic carbocycles. The van der Waals surface area contributed by atoms with E-state index in [0.29, 0.717) is 0 Å². The van der Waals surface area contributed by atoms with Gasteiger partial charge in [0.15, 0.2) is 0 Å². The molecule has 0 radical (unpaired) electrons. The van der Waals surface area contributed by atoms with E-state index in [9.17, 15) is 9.90 Å². The van der Waals surface area contributed by atoms with Gasteiger partial charge in [-0.15, -0.1) is 0 Å². The molecule has 0 saturated heterocycles. The highest BCUT2D eigenvalue weighted by atomic mass is 16.4. The number of carboxylic acids is 1. The van der Waals surface area contributed by atoms with E-state index in [2.05, 4.69) is 26.8 Å². The minimum absolute atomic E-state index is 0.185. The second-order valence-corrected chi connectivity index (χ2v) is 6.45. The first kappa shape index (κ1) is 13.9. The van der Waals surface area contributed by atoms with E-state index in [0.717, 1.165) is 16.7 Å². The molecule has 21 heavy (non-hydrogen) atoms. The number of benzene rings is 2. The van der Waals surface area contributed by atoms with Crippen molar-refractivity contribution < 1.29 is 9.90 Å². The van der Waals surface area contributed by atoms with Crippen molar-refractivity contribution in [2.24, 2.45) is 5.41 Å². The summed E-state index contributed by atoms with van der Waals surface area (Å²) in [6, 6.07) is 17.6. The third-order valence-corrected chi connectivity index (χ3v) is 5.41. The molecule has 2 heteroatoms. The normalized spacial score (nSPS) is 26.3. The Morgan fingerprint density at radius 1 is 1.00 bits per heavy atom. The van der Waals surface area contributed by atoms with E-state index in [1.54, 1.807) is 0 Å². The zero-order valence-electron chi connectivity index (χ0n) is 12.6. The summed E-state index contributed by atoms with van der Waals surface area (Å²) in [5.41, 5.74) is 1.54. The van der Waals surface area contributed by atoms with Crippen LogP contribution >= 0.6 is 0 Å². The fourth-order valence-electron chi connectivity index (χ4n) is 4.01. The van der Waals surface area contributed by atoms with Crippen LogP contribution in [-0.4, -0.2) is 11.1 Å². The molecule has 3 rings (SSSR count). The first-order valence-electron chi connectivity index (χ1n) is 7.32. The number of hydrogen-bond acceptors (Lipinski definition) is 1. The number of carbonyl (C=O) groups is 1. The molecule has 0 bridgehead atoms. The molecule has 0 saturated carbocycles. The van der Waals surface area contributed by atoms with Gasteiger partial charge in [0, 0.05) is 0 Å². The zero-order valence-corrected chi connectivity index (χ0v) is 12.6. The smallest absolute Gasteiger partial charge is 0.319 e. The maximum atomic E-state index is 12.4. The van der Waals surface area contributed by atoms with Gasteiger partial charge in [0.05, 0.1) is 0 Å². The number of fused-ring (bicyclic) bond motifs is 1. The van der Waals surface area contributed by atoms with Crippen molar-refractivity contribution in [3.05, 3.63) is 71.3 Å². The lowest BCUT2D eigenvalue weighted by atomic mass is 9.59. The van der Waals surface area contributed by atoms with E-state index in [-0.39, 0.29) is 5.92 Å². The summed E-state index contributed by atoms with van der Waals surface area (Å²) in [5, 5.41) is 10.2. The predicted molar refractivity (Wildman–Crippen MR) is 83.5 cm³/mol. The topological polar surface area (TPSA) is 37.3 Å². The summed E-state index contributed by atoms with van der Waals surface area (Å²) in [6.45, 7) is 6.27. The molecule has 2 atom stereocenters. The summed E-state index contributed by atoms with van der Waals surface area (Å²) in [5.74, 6) is -0.583. The Morgan fingerprint density at radius 3 is 2.19 bits per heavy atom. The van der Waals surface area contributed by atoms with Crippen molar-refractivity contribution in [3.63, 3.8) is 0 Å². The van der Waals surface area contributed by atoms with Gasteiger partial charge in [-0.25, -0.2) is 0 Å². The van der Waals surface area contributed by atoms with Gasteiger partial charge in [-0.3, -0.25) is 4.79 Å². The Labute approximate surface area is 125 Å². The van der Waals surface area contributed by atoms with Gasteiger partial charge in [0.2, 0.25) is 0 Å². The highest BCUT2D eigenvalue weighted by Crippen LogP contribution is 2.61. The molecule has 0 fully saturated rings. The fraction of sp³-hybridized carbons (Fsp3) is 0.316. The quantitative estimate of drug-likeness (QED) is 0.895. The molecule has 0 amide bonds. The molecular formula is C19H20O2. The lowest BCUT2D eigenvalue weighted by molar-refractivity contribution is -0.146. The van der Waals surface area contributed by atoms with Gasteiger partial charge >= 0.3 is 5.97 Å². The number of aliphatic carboxylic acids is 1. The molecule has 0 heterocycles. The Morgan fingerprint density at radius 2 is 1.57 bits per heavy atom. The Balaban J connectivity index is 2.42. The van der Waals surface area contributed by atoms with Crippen LogP contribution in [0.2, 0.25) is 0 Å². The van der Waals surface area contributed by atoms with Crippen LogP contribution in [-0.2, 0) is 10.2 Å². The van der Waals surface area contributed by atoms with Crippen LogP contribution in [0.3, 0.4) is 0 Å². The third kappa shape index (κ3) is 1.56. The van der Waals surface area contributed by atoms with Crippen LogP contribution in [0, 0.1) is 5.41 Å². The summed E-state index contributed by atoms with van der Waals surface area (Å²) >= 11 is 0. The Hall–Kier alpha value is -2.09. The molecule has 0 spiro atoms. The Bertz CT molecular complexity index is 688. The molecular weight excluding hydrogens is 260 g/mol.